The van der Waals surface area contributed by atoms with E-state index < -0.39 is 18.2 Å². The third kappa shape index (κ3) is 7.32. The summed E-state index contributed by atoms with van der Waals surface area (Å²) in [6, 6.07) is 12.0. The third-order valence-electron chi connectivity index (χ3n) is 10.9. The zero-order valence-corrected chi connectivity index (χ0v) is 32.7. The van der Waals surface area contributed by atoms with Gasteiger partial charge in [-0.2, -0.15) is 0 Å². The number of likely N-dealkylation sites (tertiary alicyclic amines) is 1. The van der Waals surface area contributed by atoms with Crippen molar-refractivity contribution in [3.63, 3.8) is 0 Å². The highest BCUT2D eigenvalue weighted by Crippen LogP contribution is 2.44. The number of hydrogen-bond acceptors (Lipinski definition) is 8. The molecule has 294 valence electrons. The van der Waals surface area contributed by atoms with Crippen LogP contribution >= 0.6 is 0 Å². The second kappa shape index (κ2) is 15.9. The molecule has 4 amide bonds. The number of imidazole rings is 2. The van der Waals surface area contributed by atoms with Crippen molar-refractivity contribution >= 4 is 34.9 Å². The monoisotopic (exact) mass is 763 g/mol. The molecule has 4 N–H and O–H groups in total. The number of H-pyrrole nitrogens is 2. The molecule has 7 rings (SSSR count). The molecule has 56 heavy (non-hydrogen) atoms. The molecule has 2 unspecified atom stereocenters. The molecule has 2 aliphatic rings. The number of aryl methyl sites for hydroxylation is 1. The van der Waals surface area contributed by atoms with Gasteiger partial charge in [0.1, 0.15) is 24.2 Å². The number of carbonyl (C=O) groups is 4. The van der Waals surface area contributed by atoms with E-state index in [2.05, 4.69) is 83.3 Å². The molecule has 2 atom stereocenters. The Hall–Kier alpha value is -6.12. The molecular formula is C41H49N9O6. The van der Waals surface area contributed by atoms with Crippen molar-refractivity contribution in [3.8, 4) is 33.8 Å². The first kappa shape index (κ1) is 38.2. The summed E-state index contributed by atoms with van der Waals surface area (Å²) in [7, 11) is 4.66. The second-order valence-electron chi connectivity index (χ2n) is 14.8. The minimum Gasteiger partial charge on any atom is -0.453 e. The van der Waals surface area contributed by atoms with Gasteiger partial charge in [-0.1, -0.05) is 39.0 Å². The van der Waals surface area contributed by atoms with E-state index in [4.69, 9.17) is 4.74 Å². The average Bonchev–Trinajstić information content (AvgIpc) is 4.05. The molecule has 0 bridgehead atoms. The number of aromatic nitrogens is 5. The van der Waals surface area contributed by atoms with Crippen LogP contribution in [0, 0.1) is 5.92 Å². The van der Waals surface area contributed by atoms with Crippen molar-refractivity contribution in [2.45, 2.75) is 65.1 Å². The van der Waals surface area contributed by atoms with Gasteiger partial charge in [-0.05, 0) is 60.1 Å². The number of nitrogens with one attached hydrogen (secondary N) is 4. The molecule has 2 aromatic carbocycles. The summed E-state index contributed by atoms with van der Waals surface area (Å²) in [4.78, 5) is 69.7. The third-order valence-corrected chi connectivity index (χ3v) is 10.9. The van der Waals surface area contributed by atoms with Gasteiger partial charge in [0, 0.05) is 48.6 Å². The summed E-state index contributed by atoms with van der Waals surface area (Å²) in [5, 5.41) is 6.34. The lowest BCUT2D eigenvalue weighted by molar-refractivity contribution is -0.135. The maximum atomic E-state index is 13.6. The molecule has 1 saturated heterocycles. The molecule has 15 heteroatoms. The van der Waals surface area contributed by atoms with Gasteiger partial charge >= 0.3 is 12.2 Å². The first-order valence-corrected chi connectivity index (χ1v) is 19.1. The Balaban J connectivity index is 1.08. The Morgan fingerprint density at radius 3 is 2.46 bits per heavy atom. The summed E-state index contributed by atoms with van der Waals surface area (Å²) < 4.78 is 11.6. The van der Waals surface area contributed by atoms with Crippen LogP contribution in [0.1, 0.15) is 68.9 Å². The van der Waals surface area contributed by atoms with Crippen LogP contribution in [0.4, 0.5) is 9.59 Å². The van der Waals surface area contributed by atoms with E-state index in [-0.39, 0.29) is 36.9 Å². The van der Waals surface area contributed by atoms with Crippen molar-refractivity contribution in [3.05, 3.63) is 71.6 Å². The predicted molar refractivity (Wildman–Crippen MR) is 210 cm³/mol. The van der Waals surface area contributed by atoms with E-state index >= 15 is 0 Å². The minimum atomic E-state index is -0.715. The lowest BCUT2D eigenvalue weighted by Crippen LogP contribution is -2.51. The topological polar surface area (TPSA) is 180 Å². The maximum Gasteiger partial charge on any atom is 0.407 e. The lowest BCUT2D eigenvalue weighted by Gasteiger charge is -2.28. The van der Waals surface area contributed by atoms with Gasteiger partial charge in [-0.3, -0.25) is 9.59 Å². The van der Waals surface area contributed by atoms with E-state index in [1.54, 1.807) is 16.0 Å². The Morgan fingerprint density at radius 1 is 0.982 bits per heavy atom. The zero-order valence-electron chi connectivity index (χ0n) is 32.7. The number of alkyl carbamates (subject to hydrolysis) is 2. The summed E-state index contributed by atoms with van der Waals surface area (Å²) in [6.45, 7) is 7.07. The SMILES string of the molecule is CCCN(Cc1ncc(-c2ccc3c(c2)c2c(n3C)-c3ccc(-c4cnc(C5CCCN5C(=O)CNC(=O)OC)[nH]4)cc3C2)[nH]1)C(=O)C(NC(=O)OC)C(C)C. The van der Waals surface area contributed by atoms with Gasteiger partial charge in [-0.15, -0.1) is 0 Å². The standard InChI is InChI=1S/C41H49N9O6/c1-7-14-49(39(52)36(23(2)3)47-41(54)56-6)22-34-42-19-30(45-34)25-11-13-32-28(17-25)29-18-26-16-24(10-12-27(26)37(29)48(32)4)31-20-43-38(46-31)33-9-8-15-50(33)35(51)21-44-40(53)55-5/h10-13,16-17,19-20,23,33,36H,7-9,14-15,18,21-22H2,1-6H3,(H,42,45)(H,43,46)(H,44,53)(H,47,54). The molecule has 1 aliphatic heterocycles. The Morgan fingerprint density at radius 2 is 1.71 bits per heavy atom. The van der Waals surface area contributed by atoms with Crippen LogP contribution in [-0.4, -0.2) is 98.2 Å². The van der Waals surface area contributed by atoms with Crippen LogP contribution in [0.2, 0.25) is 0 Å². The van der Waals surface area contributed by atoms with Gasteiger partial charge in [0.05, 0.1) is 56.3 Å². The van der Waals surface area contributed by atoms with Crippen LogP contribution in [0.25, 0.3) is 44.7 Å². The van der Waals surface area contributed by atoms with Crippen LogP contribution < -0.4 is 10.6 Å². The van der Waals surface area contributed by atoms with Gasteiger partial charge in [0.2, 0.25) is 11.8 Å². The number of rotatable bonds is 12. The molecule has 15 nitrogen and oxygen atoms in total. The van der Waals surface area contributed by atoms with E-state index in [0.717, 1.165) is 59.5 Å². The fourth-order valence-corrected chi connectivity index (χ4v) is 8.07. The Bertz CT molecular complexity index is 2290. The highest BCUT2D eigenvalue weighted by molar-refractivity contribution is 5.97. The largest absolute Gasteiger partial charge is 0.453 e. The molecule has 5 aromatic rings. The molecular weight excluding hydrogens is 715 g/mol. The van der Waals surface area contributed by atoms with Crippen LogP contribution in [-0.2, 0) is 39.1 Å². The lowest BCUT2D eigenvalue weighted by atomic mass is 10.0. The number of ether oxygens (including phenoxy) is 2. The number of nitrogens with zero attached hydrogens (tertiary/aromatic N) is 5. The molecule has 0 spiro atoms. The predicted octanol–water partition coefficient (Wildman–Crippen LogP) is 5.67. The smallest absolute Gasteiger partial charge is 0.407 e. The fraction of sp³-hybridized carbons (Fsp3) is 0.415. The number of aromatic amines is 2. The van der Waals surface area contributed by atoms with Crippen LogP contribution in [0.3, 0.4) is 0 Å². The maximum absolute atomic E-state index is 13.6. The zero-order chi connectivity index (χ0) is 39.7. The van der Waals surface area contributed by atoms with Gasteiger partial charge in [-0.25, -0.2) is 19.6 Å². The first-order chi connectivity index (χ1) is 27.0. The summed E-state index contributed by atoms with van der Waals surface area (Å²) >= 11 is 0. The number of benzene rings is 2. The van der Waals surface area contributed by atoms with Gasteiger partial charge in [0.25, 0.3) is 0 Å². The Kier molecular flexibility index (Phi) is 10.9. The summed E-state index contributed by atoms with van der Waals surface area (Å²) in [6.07, 6.45) is 5.53. The average molecular weight is 764 g/mol. The number of fused-ring (bicyclic) bond motifs is 5. The molecule has 4 heterocycles. The second-order valence-corrected chi connectivity index (χ2v) is 14.8. The normalized spacial score (nSPS) is 15.1. The van der Waals surface area contributed by atoms with Gasteiger partial charge < -0.3 is 44.4 Å². The number of hydrogen-bond donors (Lipinski definition) is 4. The molecule has 1 aliphatic carbocycles. The van der Waals surface area contributed by atoms with Gasteiger partial charge in [0.15, 0.2) is 0 Å². The highest BCUT2D eigenvalue weighted by Gasteiger charge is 2.33. The van der Waals surface area contributed by atoms with Crippen molar-refractivity contribution in [2.24, 2.45) is 13.0 Å². The molecule has 1 fully saturated rings. The summed E-state index contributed by atoms with van der Waals surface area (Å²) in [5.74, 6) is 0.908. The number of methoxy groups -OCH3 is 2. The fourth-order valence-electron chi connectivity index (χ4n) is 8.07. The number of carbonyl (C=O) groups excluding carboxylic acids is 4. The van der Waals surface area contributed by atoms with Crippen LogP contribution in [0.15, 0.2) is 48.8 Å². The van der Waals surface area contributed by atoms with Crippen molar-refractivity contribution < 1.29 is 28.7 Å². The minimum absolute atomic E-state index is 0.125. The van der Waals surface area contributed by atoms with Crippen LogP contribution in [0.5, 0.6) is 0 Å². The number of amides is 4. The van der Waals surface area contributed by atoms with Crippen molar-refractivity contribution in [1.29, 1.82) is 0 Å². The van der Waals surface area contributed by atoms with Crippen molar-refractivity contribution in [1.82, 2.24) is 44.9 Å². The Labute approximate surface area is 325 Å². The first-order valence-electron chi connectivity index (χ1n) is 19.1. The van der Waals surface area contributed by atoms with Crippen molar-refractivity contribution in [2.75, 3.05) is 33.9 Å². The summed E-state index contributed by atoms with van der Waals surface area (Å²) in [5.41, 5.74) is 9.77. The molecule has 3 aromatic heterocycles. The van der Waals surface area contributed by atoms with E-state index in [1.165, 1.54) is 42.0 Å². The molecule has 0 saturated carbocycles. The van der Waals surface area contributed by atoms with E-state index in [9.17, 15) is 19.2 Å². The van der Waals surface area contributed by atoms with E-state index in [1.807, 2.05) is 27.0 Å². The highest BCUT2D eigenvalue weighted by atomic mass is 16.5. The quantitative estimate of drug-likeness (QED) is 0.123. The molecule has 0 radical (unpaired) electrons. The van der Waals surface area contributed by atoms with E-state index in [0.29, 0.717) is 18.9 Å².